The van der Waals surface area contributed by atoms with Crippen molar-refractivity contribution in [1.29, 1.82) is 0 Å². The summed E-state index contributed by atoms with van der Waals surface area (Å²) >= 11 is 0. The molecule has 0 spiro atoms. The predicted molar refractivity (Wildman–Crippen MR) is 140 cm³/mol. The lowest BCUT2D eigenvalue weighted by Crippen LogP contribution is -2.45. The number of carbonyl (C=O) groups excluding carboxylic acids is 2. The van der Waals surface area contributed by atoms with Gasteiger partial charge in [-0.1, -0.05) is 67.4 Å². The summed E-state index contributed by atoms with van der Waals surface area (Å²) in [6.07, 6.45) is 5.40. The minimum absolute atomic E-state index is 0.0132. The first-order valence-corrected chi connectivity index (χ1v) is 12.3. The van der Waals surface area contributed by atoms with Gasteiger partial charge < -0.3 is 10.6 Å². The number of anilines is 1. The van der Waals surface area contributed by atoms with Gasteiger partial charge in [-0.05, 0) is 61.9 Å². The summed E-state index contributed by atoms with van der Waals surface area (Å²) in [6, 6.07) is 23.4. The summed E-state index contributed by atoms with van der Waals surface area (Å²) in [5, 5.41) is 17.2. The van der Waals surface area contributed by atoms with Gasteiger partial charge in [-0.25, -0.2) is 0 Å². The molecular formula is C29H31N3O4. The number of rotatable bonds is 9. The lowest BCUT2D eigenvalue weighted by Gasteiger charge is -2.30. The van der Waals surface area contributed by atoms with Crippen LogP contribution in [-0.2, 0) is 17.6 Å². The van der Waals surface area contributed by atoms with Crippen molar-refractivity contribution >= 4 is 23.2 Å². The van der Waals surface area contributed by atoms with Crippen molar-refractivity contribution in [3.05, 3.63) is 106 Å². The van der Waals surface area contributed by atoms with Gasteiger partial charge in [0.05, 0.1) is 10.3 Å². The molecule has 0 aromatic heterocycles. The van der Waals surface area contributed by atoms with Crippen molar-refractivity contribution in [2.45, 2.75) is 51.5 Å². The highest BCUT2D eigenvalue weighted by molar-refractivity contribution is 6.07. The van der Waals surface area contributed by atoms with Gasteiger partial charge in [-0.2, -0.15) is 0 Å². The molecule has 7 heteroatoms. The van der Waals surface area contributed by atoms with Crippen LogP contribution in [0.2, 0.25) is 0 Å². The van der Waals surface area contributed by atoms with E-state index in [1.165, 1.54) is 23.8 Å². The number of nitro groups is 1. The Morgan fingerprint density at radius 3 is 2.22 bits per heavy atom. The fraction of sp³-hybridized carbons (Fsp3) is 0.310. The standard InChI is InChI=1S/C29H31N3O4/c1-21(30-28(34)29(17-7-8-18-29)20-23-9-3-2-4-10-23)19-22-13-15-24(16-14-22)31-27(33)25-11-5-6-12-26(25)32(35)36/h2-6,9-16,21H,7-8,17-20H2,1H3,(H,30,34)(H,31,33). The quantitative estimate of drug-likeness (QED) is 0.300. The highest BCUT2D eigenvalue weighted by Gasteiger charge is 2.41. The Morgan fingerprint density at radius 2 is 1.56 bits per heavy atom. The van der Waals surface area contributed by atoms with E-state index in [9.17, 15) is 19.7 Å². The maximum Gasteiger partial charge on any atom is 0.282 e. The minimum Gasteiger partial charge on any atom is -0.353 e. The maximum atomic E-state index is 13.4. The van der Waals surface area contributed by atoms with E-state index in [4.69, 9.17) is 0 Å². The molecule has 1 saturated carbocycles. The average Bonchev–Trinajstić information content (AvgIpc) is 3.35. The zero-order chi connectivity index (χ0) is 25.5. The average molecular weight is 486 g/mol. The van der Waals surface area contributed by atoms with E-state index < -0.39 is 10.8 Å². The molecule has 3 aromatic rings. The molecule has 1 aliphatic rings. The first-order chi connectivity index (χ1) is 17.4. The van der Waals surface area contributed by atoms with Crippen LogP contribution in [0, 0.1) is 15.5 Å². The van der Waals surface area contributed by atoms with E-state index in [-0.39, 0.29) is 28.6 Å². The third-order valence-corrected chi connectivity index (χ3v) is 6.90. The maximum absolute atomic E-state index is 13.4. The Labute approximate surface area is 211 Å². The molecule has 1 atom stereocenters. The Bertz CT molecular complexity index is 1220. The zero-order valence-corrected chi connectivity index (χ0v) is 20.4. The number of nitro benzene ring substituents is 1. The molecule has 36 heavy (non-hydrogen) atoms. The lowest BCUT2D eigenvalue weighted by molar-refractivity contribution is -0.385. The molecule has 0 heterocycles. The molecule has 4 rings (SSSR count). The van der Waals surface area contributed by atoms with E-state index in [1.807, 2.05) is 37.3 Å². The molecule has 0 aliphatic heterocycles. The molecule has 1 fully saturated rings. The number of benzene rings is 3. The normalized spacial score (nSPS) is 15.1. The number of hydrogen-bond donors (Lipinski definition) is 2. The van der Waals surface area contributed by atoms with Crippen LogP contribution in [0.1, 0.15) is 54.1 Å². The fourth-order valence-electron chi connectivity index (χ4n) is 5.05. The van der Waals surface area contributed by atoms with Crippen molar-refractivity contribution in [2.75, 3.05) is 5.32 Å². The zero-order valence-electron chi connectivity index (χ0n) is 20.4. The molecule has 1 unspecified atom stereocenters. The number of hydrogen-bond acceptors (Lipinski definition) is 4. The summed E-state index contributed by atoms with van der Waals surface area (Å²) in [4.78, 5) is 36.5. The number of carbonyl (C=O) groups is 2. The molecule has 0 radical (unpaired) electrons. The predicted octanol–water partition coefficient (Wildman–Crippen LogP) is 5.70. The largest absolute Gasteiger partial charge is 0.353 e. The molecular weight excluding hydrogens is 454 g/mol. The van der Waals surface area contributed by atoms with Crippen LogP contribution in [0.4, 0.5) is 11.4 Å². The smallest absolute Gasteiger partial charge is 0.282 e. The summed E-state index contributed by atoms with van der Waals surface area (Å²) in [6.45, 7) is 2.01. The van der Waals surface area contributed by atoms with E-state index in [2.05, 4.69) is 22.8 Å². The van der Waals surface area contributed by atoms with Crippen molar-refractivity contribution in [1.82, 2.24) is 5.32 Å². The molecule has 0 saturated heterocycles. The number of para-hydroxylation sites is 1. The van der Waals surface area contributed by atoms with E-state index in [0.717, 1.165) is 37.7 Å². The molecule has 7 nitrogen and oxygen atoms in total. The number of nitrogens with zero attached hydrogens (tertiary/aromatic N) is 1. The van der Waals surface area contributed by atoms with Crippen molar-refractivity contribution in [3.8, 4) is 0 Å². The number of nitrogens with one attached hydrogen (secondary N) is 2. The van der Waals surface area contributed by atoms with Gasteiger partial charge in [0.1, 0.15) is 5.56 Å². The SMILES string of the molecule is CC(Cc1ccc(NC(=O)c2ccccc2[N+](=O)[O-])cc1)NC(=O)C1(Cc2ccccc2)CCCC1. The summed E-state index contributed by atoms with van der Waals surface area (Å²) in [5.41, 5.74) is 2.20. The van der Waals surface area contributed by atoms with Gasteiger partial charge in [0.15, 0.2) is 0 Å². The highest BCUT2D eigenvalue weighted by Crippen LogP contribution is 2.41. The van der Waals surface area contributed by atoms with E-state index in [1.54, 1.807) is 18.2 Å². The summed E-state index contributed by atoms with van der Waals surface area (Å²) < 4.78 is 0. The molecule has 2 amide bonds. The second-order valence-corrected chi connectivity index (χ2v) is 9.65. The van der Waals surface area contributed by atoms with Gasteiger partial charge in [-0.15, -0.1) is 0 Å². The Morgan fingerprint density at radius 1 is 0.917 bits per heavy atom. The van der Waals surface area contributed by atoms with Gasteiger partial charge >= 0.3 is 0 Å². The van der Waals surface area contributed by atoms with Gasteiger partial charge in [0.2, 0.25) is 5.91 Å². The van der Waals surface area contributed by atoms with Gasteiger partial charge in [-0.3, -0.25) is 19.7 Å². The van der Waals surface area contributed by atoms with Crippen LogP contribution in [0.25, 0.3) is 0 Å². The van der Waals surface area contributed by atoms with E-state index in [0.29, 0.717) is 12.1 Å². The highest BCUT2D eigenvalue weighted by atomic mass is 16.6. The van der Waals surface area contributed by atoms with Crippen molar-refractivity contribution in [2.24, 2.45) is 5.41 Å². The second kappa shape index (κ2) is 11.2. The summed E-state index contributed by atoms with van der Waals surface area (Å²) in [7, 11) is 0. The monoisotopic (exact) mass is 485 g/mol. The Balaban J connectivity index is 1.35. The Hall–Kier alpha value is -4.00. The van der Waals surface area contributed by atoms with Crippen LogP contribution in [0.3, 0.4) is 0 Å². The van der Waals surface area contributed by atoms with Gasteiger partial charge in [0.25, 0.3) is 11.6 Å². The van der Waals surface area contributed by atoms with Crippen molar-refractivity contribution < 1.29 is 14.5 Å². The molecule has 2 N–H and O–H groups in total. The van der Waals surface area contributed by atoms with Crippen LogP contribution in [0.15, 0.2) is 78.9 Å². The van der Waals surface area contributed by atoms with Crippen LogP contribution < -0.4 is 10.6 Å². The first kappa shape index (κ1) is 25.1. The van der Waals surface area contributed by atoms with Crippen molar-refractivity contribution in [3.63, 3.8) is 0 Å². The van der Waals surface area contributed by atoms with Crippen LogP contribution in [-0.4, -0.2) is 22.8 Å². The minimum atomic E-state index is -0.566. The first-order valence-electron chi connectivity index (χ1n) is 12.3. The second-order valence-electron chi connectivity index (χ2n) is 9.65. The third kappa shape index (κ3) is 5.97. The number of amides is 2. The third-order valence-electron chi connectivity index (χ3n) is 6.90. The lowest BCUT2D eigenvalue weighted by atomic mass is 9.79. The van der Waals surface area contributed by atoms with Crippen LogP contribution >= 0.6 is 0 Å². The fourth-order valence-corrected chi connectivity index (χ4v) is 5.05. The topological polar surface area (TPSA) is 101 Å². The van der Waals surface area contributed by atoms with Gasteiger partial charge in [0, 0.05) is 17.8 Å². The molecule has 3 aromatic carbocycles. The van der Waals surface area contributed by atoms with Crippen LogP contribution in [0.5, 0.6) is 0 Å². The molecule has 186 valence electrons. The summed E-state index contributed by atoms with van der Waals surface area (Å²) in [5.74, 6) is -0.402. The molecule has 1 aliphatic carbocycles. The Kier molecular flexibility index (Phi) is 7.78. The van der Waals surface area contributed by atoms with E-state index >= 15 is 0 Å². The molecule has 0 bridgehead atoms.